The SMILES string of the molecule is CC(N)Cc1coc2ccc(F)cc2c1=O. The lowest BCUT2D eigenvalue weighted by molar-refractivity contribution is 0.581. The summed E-state index contributed by atoms with van der Waals surface area (Å²) >= 11 is 0. The molecule has 0 aliphatic rings. The third-order valence-electron chi connectivity index (χ3n) is 2.35. The van der Waals surface area contributed by atoms with E-state index in [2.05, 4.69) is 0 Å². The van der Waals surface area contributed by atoms with Gasteiger partial charge in [0.05, 0.1) is 11.6 Å². The third kappa shape index (κ3) is 1.97. The van der Waals surface area contributed by atoms with Crippen molar-refractivity contribution < 1.29 is 8.81 Å². The van der Waals surface area contributed by atoms with Crippen LogP contribution in [0.15, 0.2) is 33.7 Å². The molecule has 3 nitrogen and oxygen atoms in total. The second kappa shape index (κ2) is 4.06. The number of rotatable bonds is 2. The molecule has 1 heterocycles. The topological polar surface area (TPSA) is 56.2 Å². The molecule has 1 aromatic carbocycles. The predicted molar refractivity (Wildman–Crippen MR) is 59.8 cm³/mol. The van der Waals surface area contributed by atoms with Gasteiger partial charge in [-0.2, -0.15) is 0 Å². The molecule has 2 aromatic rings. The zero-order valence-electron chi connectivity index (χ0n) is 8.87. The summed E-state index contributed by atoms with van der Waals surface area (Å²) in [5.41, 5.74) is 6.27. The van der Waals surface area contributed by atoms with Gasteiger partial charge in [0, 0.05) is 11.6 Å². The summed E-state index contributed by atoms with van der Waals surface area (Å²) in [6, 6.07) is 3.76. The first-order chi connectivity index (χ1) is 7.58. The van der Waals surface area contributed by atoms with Gasteiger partial charge < -0.3 is 10.2 Å². The van der Waals surface area contributed by atoms with E-state index in [0.717, 1.165) is 0 Å². The van der Waals surface area contributed by atoms with Gasteiger partial charge in [0.15, 0.2) is 5.43 Å². The molecule has 0 saturated carbocycles. The van der Waals surface area contributed by atoms with Gasteiger partial charge in [-0.15, -0.1) is 0 Å². The highest BCUT2D eigenvalue weighted by Gasteiger charge is 2.09. The fourth-order valence-electron chi connectivity index (χ4n) is 1.63. The monoisotopic (exact) mass is 221 g/mol. The highest BCUT2D eigenvalue weighted by Crippen LogP contribution is 2.13. The molecule has 0 aliphatic heterocycles. The zero-order valence-corrected chi connectivity index (χ0v) is 8.87. The van der Waals surface area contributed by atoms with E-state index in [9.17, 15) is 9.18 Å². The summed E-state index contributed by atoms with van der Waals surface area (Å²) < 4.78 is 18.3. The van der Waals surface area contributed by atoms with Gasteiger partial charge in [0.25, 0.3) is 0 Å². The highest BCUT2D eigenvalue weighted by atomic mass is 19.1. The van der Waals surface area contributed by atoms with Gasteiger partial charge in [-0.3, -0.25) is 4.79 Å². The van der Waals surface area contributed by atoms with Crippen molar-refractivity contribution in [3.63, 3.8) is 0 Å². The largest absolute Gasteiger partial charge is 0.464 e. The smallest absolute Gasteiger partial charge is 0.196 e. The number of fused-ring (bicyclic) bond motifs is 1. The van der Waals surface area contributed by atoms with Crippen molar-refractivity contribution in [2.24, 2.45) is 5.73 Å². The second-order valence-corrected chi connectivity index (χ2v) is 3.91. The summed E-state index contributed by atoms with van der Waals surface area (Å²) in [6.07, 6.45) is 1.82. The van der Waals surface area contributed by atoms with Crippen LogP contribution < -0.4 is 11.2 Å². The zero-order chi connectivity index (χ0) is 11.7. The van der Waals surface area contributed by atoms with E-state index in [0.29, 0.717) is 17.6 Å². The second-order valence-electron chi connectivity index (χ2n) is 3.91. The molecule has 0 amide bonds. The van der Waals surface area contributed by atoms with Crippen LogP contribution in [0, 0.1) is 5.82 Å². The molecule has 0 aliphatic carbocycles. The van der Waals surface area contributed by atoms with Crippen LogP contribution in [-0.4, -0.2) is 6.04 Å². The van der Waals surface area contributed by atoms with Crippen LogP contribution >= 0.6 is 0 Å². The minimum absolute atomic E-state index is 0.131. The van der Waals surface area contributed by atoms with E-state index in [1.165, 1.54) is 24.5 Å². The van der Waals surface area contributed by atoms with Crippen molar-refractivity contribution >= 4 is 11.0 Å². The van der Waals surface area contributed by atoms with Crippen LogP contribution in [0.3, 0.4) is 0 Å². The van der Waals surface area contributed by atoms with Gasteiger partial charge in [-0.05, 0) is 31.5 Å². The molecule has 0 spiro atoms. The lowest BCUT2D eigenvalue weighted by Gasteiger charge is -2.04. The molecule has 0 bridgehead atoms. The molecule has 0 saturated heterocycles. The van der Waals surface area contributed by atoms with Crippen molar-refractivity contribution in [1.29, 1.82) is 0 Å². The molecular formula is C12H12FNO2. The fraction of sp³-hybridized carbons (Fsp3) is 0.250. The van der Waals surface area contributed by atoms with E-state index >= 15 is 0 Å². The Kier molecular flexibility index (Phi) is 2.75. The van der Waals surface area contributed by atoms with Gasteiger partial charge in [-0.1, -0.05) is 0 Å². The Morgan fingerprint density at radius 2 is 2.25 bits per heavy atom. The molecule has 16 heavy (non-hydrogen) atoms. The third-order valence-corrected chi connectivity index (χ3v) is 2.35. The van der Waals surface area contributed by atoms with Crippen LogP contribution in [0.2, 0.25) is 0 Å². The molecule has 0 radical (unpaired) electrons. The molecule has 2 N–H and O–H groups in total. The van der Waals surface area contributed by atoms with Gasteiger partial charge in [0.2, 0.25) is 0 Å². The summed E-state index contributed by atoms with van der Waals surface area (Å²) in [6.45, 7) is 1.80. The molecule has 4 heteroatoms. The molecule has 0 fully saturated rings. The minimum Gasteiger partial charge on any atom is -0.464 e. The molecule has 1 aromatic heterocycles. The summed E-state index contributed by atoms with van der Waals surface area (Å²) in [7, 11) is 0. The van der Waals surface area contributed by atoms with Crippen molar-refractivity contribution in [1.82, 2.24) is 0 Å². The van der Waals surface area contributed by atoms with Crippen LogP contribution in [0.25, 0.3) is 11.0 Å². The highest BCUT2D eigenvalue weighted by molar-refractivity contribution is 5.76. The molecule has 1 atom stereocenters. The normalized spacial score (nSPS) is 12.9. The lowest BCUT2D eigenvalue weighted by atomic mass is 10.1. The lowest BCUT2D eigenvalue weighted by Crippen LogP contribution is -2.22. The maximum atomic E-state index is 13.0. The van der Waals surface area contributed by atoms with Crippen molar-refractivity contribution in [3.8, 4) is 0 Å². The van der Waals surface area contributed by atoms with Gasteiger partial charge in [0.1, 0.15) is 11.4 Å². The van der Waals surface area contributed by atoms with E-state index < -0.39 is 5.82 Å². The first-order valence-electron chi connectivity index (χ1n) is 5.03. The number of hydrogen-bond acceptors (Lipinski definition) is 3. The van der Waals surface area contributed by atoms with E-state index in [-0.39, 0.29) is 16.9 Å². The quantitative estimate of drug-likeness (QED) is 0.841. The average Bonchev–Trinajstić information content (AvgIpc) is 2.22. The van der Waals surface area contributed by atoms with Gasteiger partial charge >= 0.3 is 0 Å². The standard InChI is InChI=1S/C12H12FNO2/c1-7(14)4-8-6-16-11-3-2-9(13)5-10(11)12(8)15/h2-3,5-7H,4,14H2,1H3. The van der Waals surface area contributed by atoms with Crippen LogP contribution in [0.5, 0.6) is 0 Å². The molecule has 1 unspecified atom stereocenters. The number of nitrogens with two attached hydrogens (primary N) is 1. The van der Waals surface area contributed by atoms with E-state index in [1.54, 1.807) is 6.92 Å². The Balaban J connectivity index is 2.64. The molecular weight excluding hydrogens is 209 g/mol. The maximum Gasteiger partial charge on any atom is 0.196 e. The first kappa shape index (κ1) is 10.8. The molecule has 84 valence electrons. The van der Waals surface area contributed by atoms with Crippen molar-refractivity contribution in [2.75, 3.05) is 0 Å². The number of halogens is 1. The van der Waals surface area contributed by atoms with E-state index in [1.807, 2.05) is 0 Å². The summed E-state index contributed by atoms with van der Waals surface area (Å²) in [4.78, 5) is 11.9. The Hall–Kier alpha value is -1.68. The number of benzene rings is 1. The summed E-state index contributed by atoms with van der Waals surface area (Å²) in [5.74, 6) is -0.447. The van der Waals surface area contributed by atoms with Crippen LogP contribution in [0.1, 0.15) is 12.5 Å². The van der Waals surface area contributed by atoms with Gasteiger partial charge in [-0.25, -0.2) is 4.39 Å². The maximum absolute atomic E-state index is 13.0. The van der Waals surface area contributed by atoms with Crippen molar-refractivity contribution in [3.05, 3.63) is 46.1 Å². The molecule has 2 rings (SSSR count). The first-order valence-corrected chi connectivity index (χ1v) is 5.03. The Morgan fingerprint density at radius 1 is 1.50 bits per heavy atom. The Labute approximate surface area is 91.7 Å². The minimum atomic E-state index is -0.447. The van der Waals surface area contributed by atoms with E-state index in [4.69, 9.17) is 10.2 Å². The predicted octanol–water partition coefficient (Wildman–Crippen LogP) is 1.82. The Morgan fingerprint density at radius 3 is 2.94 bits per heavy atom. The summed E-state index contributed by atoms with van der Waals surface area (Å²) in [5, 5.41) is 0.262. The van der Waals surface area contributed by atoms with Crippen LogP contribution in [0.4, 0.5) is 4.39 Å². The van der Waals surface area contributed by atoms with Crippen molar-refractivity contribution in [2.45, 2.75) is 19.4 Å². The van der Waals surface area contributed by atoms with Crippen LogP contribution in [-0.2, 0) is 6.42 Å². The fourth-order valence-corrected chi connectivity index (χ4v) is 1.63. The Bertz CT molecular complexity index is 575. The number of hydrogen-bond donors (Lipinski definition) is 1. The average molecular weight is 221 g/mol.